The summed E-state index contributed by atoms with van der Waals surface area (Å²) in [6.45, 7) is 0.0361. The van der Waals surface area contributed by atoms with Gasteiger partial charge in [0.2, 0.25) is 0 Å². The SMILES string of the molecule is OCC(O)CNc1ccc(OCc2cccnc2)c(F)c1. The Morgan fingerprint density at radius 1 is 1.33 bits per heavy atom. The van der Waals surface area contributed by atoms with Crippen molar-refractivity contribution in [3.8, 4) is 5.75 Å². The molecule has 0 saturated heterocycles. The summed E-state index contributed by atoms with van der Waals surface area (Å²) in [5, 5.41) is 20.7. The molecule has 1 heterocycles. The zero-order chi connectivity index (χ0) is 15.1. The minimum Gasteiger partial charge on any atom is -0.486 e. The third kappa shape index (κ3) is 4.70. The van der Waals surface area contributed by atoms with Crippen molar-refractivity contribution in [2.75, 3.05) is 18.5 Å². The molecule has 5 nitrogen and oxygen atoms in total. The fourth-order valence-electron chi connectivity index (χ4n) is 1.67. The first-order valence-corrected chi connectivity index (χ1v) is 6.53. The lowest BCUT2D eigenvalue weighted by Gasteiger charge is -2.12. The maximum Gasteiger partial charge on any atom is 0.167 e. The van der Waals surface area contributed by atoms with Gasteiger partial charge in [-0.25, -0.2) is 4.39 Å². The average molecular weight is 292 g/mol. The minimum absolute atomic E-state index is 0.145. The van der Waals surface area contributed by atoms with E-state index in [1.54, 1.807) is 24.5 Å². The zero-order valence-corrected chi connectivity index (χ0v) is 11.4. The summed E-state index contributed by atoms with van der Waals surface area (Å²) in [4.78, 5) is 3.95. The van der Waals surface area contributed by atoms with Gasteiger partial charge in [-0.3, -0.25) is 4.98 Å². The molecule has 0 radical (unpaired) electrons. The number of hydrogen-bond acceptors (Lipinski definition) is 5. The first kappa shape index (κ1) is 15.2. The second-order valence-corrected chi connectivity index (χ2v) is 4.51. The van der Waals surface area contributed by atoms with E-state index in [0.29, 0.717) is 5.69 Å². The van der Waals surface area contributed by atoms with Crippen molar-refractivity contribution >= 4 is 5.69 Å². The molecule has 2 rings (SSSR count). The highest BCUT2D eigenvalue weighted by Gasteiger charge is 2.07. The summed E-state index contributed by atoms with van der Waals surface area (Å²) in [5.41, 5.74) is 1.36. The average Bonchev–Trinajstić information content (AvgIpc) is 2.52. The molecule has 6 heteroatoms. The van der Waals surface area contributed by atoms with Crippen LogP contribution < -0.4 is 10.1 Å². The Balaban J connectivity index is 1.93. The molecule has 0 aliphatic heterocycles. The number of aliphatic hydroxyl groups is 2. The number of hydrogen-bond donors (Lipinski definition) is 3. The maximum atomic E-state index is 13.9. The van der Waals surface area contributed by atoms with Gasteiger partial charge in [-0.2, -0.15) is 0 Å². The third-order valence-electron chi connectivity index (χ3n) is 2.80. The van der Waals surface area contributed by atoms with Gasteiger partial charge in [0.25, 0.3) is 0 Å². The molecular formula is C15H17FN2O3. The number of rotatable bonds is 7. The lowest BCUT2D eigenvalue weighted by Crippen LogP contribution is -2.22. The summed E-state index contributed by atoms with van der Waals surface area (Å²) >= 11 is 0. The van der Waals surface area contributed by atoms with Crippen molar-refractivity contribution in [3.05, 3.63) is 54.1 Å². The third-order valence-corrected chi connectivity index (χ3v) is 2.80. The Morgan fingerprint density at radius 2 is 2.19 bits per heavy atom. The quantitative estimate of drug-likeness (QED) is 0.722. The zero-order valence-electron chi connectivity index (χ0n) is 11.4. The van der Waals surface area contributed by atoms with Crippen molar-refractivity contribution in [1.29, 1.82) is 0 Å². The predicted octanol–water partition coefficient (Wildman–Crippen LogP) is 1.56. The first-order chi connectivity index (χ1) is 10.2. The van der Waals surface area contributed by atoms with Crippen LogP contribution in [-0.2, 0) is 6.61 Å². The van der Waals surface area contributed by atoms with E-state index in [9.17, 15) is 9.50 Å². The number of ether oxygens (including phenoxy) is 1. The van der Waals surface area contributed by atoms with E-state index in [-0.39, 0.29) is 25.5 Å². The second kappa shape index (κ2) is 7.56. The van der Waals surface area contributed by atoms with Crippen LogP contribution in [-0.4, -0.2) is 34.5 Å². The summed E-state index contributed by atoms with van der Waals surface area (Å²) in [5.74, 6) is -0.352. The molecule has 0 amide bonds. The van der Waals surface area contributed by atoms with Crippen LogP contribution in [0, 0.1) is 5.82 Å². The highest BCUT2D eigenvalue weighted by Crippen LogP contribution is 2.22. The van der Waals surface area contributed by atoms with Crippen LogP contribution in [0.15, 0.2) is 42.7 Å². The van der Waals surface area contributed by atoms with Crippen LogP contribution in [0.5, 0.6) is 5.75 Å². The molecule has 3 N–H and O–H groups in total. The van der Waals surface area contributed by atoms with E-state index in [1.807, 2.05) is 6.07 Å². The predicted molar refractivity (Wildman–Crippen MR) is 76.6 cm³/mol. The summed E-state index contributed by atoms with van der Waals surface area (Å²) < 4.78 is 19.3. The number of aromatic nitrogens is 1. The fraction of sp³-hybridized carbons (Fsp3) is 0.267. The van der Waals surface area contributed by atoms with E-state index >= 15 is 0 Å². The lowest BCUT2D eigenvalue weighted by molar-refractivity contribution is 0.105. The van der Waals surface area contributed by atoms with Gasteiger partial charge in [-0.15, -0.1) is 0 Å². The van der Waals surface area contributed by atoms with Gasteiger partial charge >= 0.3 is 0 Å². The number of halogens is 1. The largest absolute Gasteiger partial charge is 0.486 e. The molecule has 0 spiro atoms. The molecule has 0 aliphatic rings. The first-order valence-electron chi connectivity index (χ1n) is 6.53. The van der Waals surface area contributed by atoms with Crippen LogP contribution in [0.3, 0.4) is 0 Å². The standard InChI is InChI=1S/C15H17FN2O3/c16-14-6-12(18-8-13(20)9-19)3-4-15(14)21-10-11-2-1-5-17-7-11/h1-7,13,18-20H,8-10H2. The van der Waals surface area contributed by atoms with Crippen LogP contribution in [0.4, 0.5) is 10.1 Å². The van der Waals surface area contributed by atoms with Gasteiger partial charge in [0.1, 0.15) is 6.61 Å². The summed E-state index contributed by atoms with van der Waals surface area (Å²) in [6, 6.07) is 8.07. The molecule has 0 aliphatic carbocycles. The highest BCUT2D eigenvalue weighted by molar-refractivity contribution is 5.47. The Morgan fingerprint density at radius 3 is 2.86 bits per heavy atom. The van der Waals surface area contributed by atoms with E-state index in [2.05, 4.69) is 10.3 Å². The highest BCUT2D eigenvalue weighted by atomic mass is 19.1. The second-order valence-electron chi connectivity index (χ2n) is 4.51. The molecule has 1 aromatic carbocycles. The van der Waals surface area contributed by atoms with Gasteiger partial charge in [-0.05, 0) is 18.2 Å². The molecule has 1 unspecified atom stereocenters. The van der Waals surface area contributed by atoms with E-state index in [0.717, 1.165) is 5.56 Å². The molecule has 0 bridgehead atoms. The molecule has 112 valence electrons. The topological polar surface area (TPSA) is 74.6 Å². The molecule has 1 atom stereocenters. The number of benzene rings is 1. The van der Waals surface area contributed by atoms with Crippen LogP contribution in [0.25, 0.3) is 0 Å². The molecule has 21 heavy (non-hydrogen) atoms. The Hall–Kier alpha value is -2.18. The van der Waals surface area contributed by atoms with Gasteiger partial charge in [0.05, 0.1) is 12.7 Å². The number of nitrogens with one attached hydrogen (secondary N) is 1. The van der Waals surface area contributed by atoms with E-state index in [4.69, 9.17) is 9.84 Å². The normalized spacial score (nSPS) is 12.0. The van der Waals surface area contributed by atoms with Gasteiger partial charge in [-0.1, -0.05) is 6.07 Å². The number of pyridine rings is 1. The van der Waals surface area contributed by atoms with Crippen molar-refractivity contribution in [2.45, 2.75) is 12.7 Å². The fourth-order valence-corrected chi connectivity index (χ4v) is 1.67. The lowest BCUT2D eigenvalue weighted by atomic mass is 10.2. The smallest absolute Gasteiger partial charge is 0.167 e. The van der Waals surface area contributed by atoms with E-state index < -0.39 is 11.9 Å². The Bertz CT molecular complexity index is 566. The van der Waals surface area contributed by atoms with Crippen molar-refractivity contribution in [2.24, 2.45) is 0 Å². The number of anilines is 1. The van der Waals surface area contributed by atoms with Gasteiger partial charge in [0, 0.05) is 36.3 Å². The number of nitrogens with zero attached hydrogens (tertiary/aromatic N) is 1. The van der Waals surface area contributed by atoms with Crippen LogP contribution in [0.1, 0.15) is 5.56 Å². The monoisotopic (exact) mass is 292 g/mol. The van der Waals surface area contributed by atoms with Crippen molar-refractivity contribution in [1.82, 2.24) is 4.98 Å². The van der Waals surface area contributed by atoms with Crippen LogP contribution in [0.2, 0.25) is 0 Å². The molecule has 2 aromatic rings. The summed E-state index contributed by atoms with van der Waals surface area (Å²) in [7, 11) is 0. The van der Waals surface area contributed by atoms with Crippen molar-refractivity contribution < 1.29 is 19.3 Å². The molecule has 0 fully saturated rings. The molecule has 0 saturated carbocycles. The Kier molecular flexibility index (Phi) is 5.48. The molecule has 1 aromatic heterocycles. The number of aliphatic hydroxyl groups excluding tert-OH is 2. The summed E-state index contributed by atoms with van der Waals surface area (Å²) in [6.07, 6.45) is 2.43. The van der Waals surface area contributed by atoms with Crippen LogP contribution >= 0.6 is 0 Å². The van der Waals surface area contributed by atoms with Gasteiger partial charge in [0.15, 0.2) is 11.6 Å². The molecular weight excluding hydrogens is 275 g/mol. The minimum atomic E-state index is -0.880. The van der Waals surface area contributed by atoms with Gasteiger partial charge < -0.3 is 20.3 Å². The van der Waals surface area contributed by atoms with Crippen molar-refractivity contribution in [3.63, 3.8) is 0 Å². The van der Waals surface area contributed by atoms with E-state index in [1.165, 1.54) is 12.1 Å². The Labute approximate surface area is 122 Å². The maximum absolute atomic E-state index is 13.9.